The van der Waals surface area contributed by atoms with Crippen molar-refractivity contribution in [2.24, 2.45) is 5.92 Å². The van der Waals surface area contributed by atoms with Gasteiger partial charge in [0.25, 0.3) is 0 Å². The van der Waals surface area contributed by atoms with E-state index in [-0.39, 0.29) is 24.1 Å². The minimum absolute atomic E-state index is 0.118. The van der Waals surface area contributed by atoms with Gasteiger partial charge in [0.1, 0.15) is 5.82 Å². The fraction of sp³-hybridized carbons (Fsp3) is 0.375. The molecule has 1 fully saturated rings. The first-order valence-electron chi connectivity index (χ1n) is 6.99. The Morgan fingerprint density at radius 1 is 1.33 bits per heavy atom. The Balaban J connectivity index is 1.86. The zero-order valence-corrected chi connectivity index (χ0v) is 11.7. The van der Waals surface area contributed by atoms with E-state index in [2.05, 4.69) is 0 Å². The van der Waals surface area contributed by atoms with Crippen molar-refractivity contribution in [2.45, 2.75) is 19.3 Å². The van der Waals surface area contributed by atoms with Crippen LogP contribution in [0.5, 0.6) is 0 Å². The summed E-state index contributed by atoms with van der Waals surface area (Å²) in [7, 11) is 0. The van der Waals surface area contributed by atoms with Crippen LogP contribution in [0.1, 0.15) is 24.8 Å². The first-order chi connectivity index (χ1) is 10.0. The van der Waals surface area contributed by atoms with E-state index in [0.717, 1.165) is 0 Å². The maximum absolute atomic E-state index is 13.0. The monoisotopic (exact) mass is 291 g/mol. The summed E-state index contributed by atoms with van der Waals surface area (Å²) in [5.74, 6) is -1.09. The molecular formula is C16H18FNO3. The highest BCUT2D eigenvalue weighted by Crippen LogP contribution is 2.20. The molecule has 0 aromatic heterocycles. The van der Waals surface area contributed by atoms with Crippen molar-refractivity contribution in [3.05, 3.63) is 41.7 Å². The normalized spacial score (nSPS) is 16.3. The molecule has 0 aliphatic carbocycles. The number of hydrogen-bond acceptors (Lipinski definition) is 2. The Hall–Kier alpha value is -2.17. The maximum atomic E-state index is 13.0. The third kappa shape index (κ3) is 4.70. The second kappa shape index (κ2) is 7.02. The number of carbonyl (C=O) groups excluding carboxylic acids is 1. The highest BCUT2D eigenvalue weighted by molar-refractivity contribution is 5.91. The molecule has 1 heterocycles. The van der Waals surface area contributed by atoms with Crippen LogP contribution < -0.4 is 0 Å². The largest absolute Gasteiger partial charge is 0.481 e. The van der Waals surface area contributed by atoms with E-state index >= 15 is 0 Å². The molecule has 112 valence electrons. The topological polar surface area (TPSA) is 57.6 Å². The van der Waals surface area contributed by atoms with E-state index in [0.29, 0.717) is 31.5 Å². The lowest BCUT2D eigenvalue weighted by Crippen LogP contribution is -2.37. The summed E-state index contributed by atoms with van der Waals surface area (Å²) in [6.07, 6.45) is 4.62. The number of rotatable bonds is 4. The van der Waals surface area contributed by atoms with Gasteiger partial charge >= 0.3 is 5.97 Å². The Morgan fingerprint density at radius 3 is 2.67 bits per heavy atom. The van der Waals surface area contributed by atoms with Gasteiger partial charge in [0, 0.05) is 25.6 Å². The van der Waals surface area contributed by atoms with Crippen molar-refractivity contribution >= 4 is 18.0 Å². The fourth-order valence-electron chi connectivity index (χ4n) is 2.49. The summed E-state index contributed by atoms with van der Waals surface area (Å²) in [5.41, 5.74) is 0.643. The average Bonchev–Trinajstić information content (AvgIpc) is 2.45. The lowest BCUT2D eigenvalue weighted by Gasteiger charge is -2.30. The number of aliphatic carboxylic acids is 1. The van der Waals surface area contributed by atoms with Crippen LogP contribution in [0.4, 0.5) is 4.39 Å². The van der Waals surface area contributed by atoms with Crippen molar-refractivity contribution in [1.29, 1.82) is 0 Å². The van der Waals surface area contributed by atoms with Crippen molar-refractivity contribution in [1.82, 2.24) is 4.90 Å². The molecule has 2 rings (SSSR count). The number of halogens is 1. The van der Waals surface area contributed by atoms with Gasteiger partial charge in [-0.1, -0.05) is 12.1 Å². The standard InChI is InChI=1S/C16H18FNO3/c17-14-3-1-2-12(10-14)4-5-15(19)18-8-6-13(7-9-18)11-16(20)21/h1-5,10,13H,6-9,11H2,(H,20,21). The molecule has 5 heteroatoms. The van der Waals surface area contributed by atoms with Gasteiger partial charge in [-0.15, -0.1) is 0 Å². The zero-order chi connectivity index (χ0) is 15.2. The van der Waals surface area contributed by atoms with E-state index in [1.807, 2.05) is 0 Å². The second-order valence-electron chi connectivity index (χ2n) is 5.25. The van der Waals surface area contributed by atoms with Crippen LogP contribution in [0, 0.1) is 11.7 Å². The Morgan fingerprint density at radius 2 is 2.05 bits per heavy atom. The number of likely N-dealkylation sites (tertiary alicyclic amines) is 1. The highest BCUT2D eigenvalue weighted by atomic mass is 19.1. The molecular weight excluding hydrogens is 273 g/mol. The Bertz CT molecular complexity index is 548. The van der Waals surface area contributed by atoms with Gasteiger partial charge in [0.2, 0.25) is 5.91 Å². The van der Waals surface area contributed by atoms with Crippen LogP contribution in [-0.2, 0) is 9.59 Å². The van der Waals surface area contributed by atoms with Gasteiger partial charge in [0.05, 0.1) is 0 Å². The van der Waals surface area contributed by atoms with Gasteiger partial charge in [-0.25, -0.2) is 4.39 Å². The number of piperidine rings is 1. The molecule has 0 radical (unpaired) electrons. The Labute approximate surface area is 122 Å². The fourth-order valence-corrected chi connectivity index (χ4v) is 2.49. The van der Waals surface area contributed by atoms with Gasteiger partial charge in [-0.05, 0) is 42.5 Å². The first kappa shape index (κ1) is 15.2. The molecule has 0 spiro atoms. The van der Waals surface area contributed by atoms with Crippen LogP contribution in [0.25, 0.3) is 6.08 Å². The Kier molecular flexibility index (Phi) is 5.09. The van der Waals surface area contributed by atoms with E-state index < -0.39 is 5.97 Å². The van der Waals surface area contributed by atoms with Gasteiger partial charge in [-0.2, -0.15) is 0 Å². The van der Waals surface area contributed by atoms with Gasteiger partial charge in [-0.3, -0.25) is 9.59 Å². The lowest BCUT2D eigenvalue weighted by atomic mass is 9.93. The molecule has 1 aromatic rings. The molecule has 0 atom stereocenters. The SMILES string of the molecule is O=C(O)CC1CCN(C(=O)C=Cc2cccc(F)c2)CC1. The minimum Gasteiger partial charge on any atom is -0.481 e. The summed E-state index contributed by atoms with van der Waals surface area (Å²) in [5, 5.41) is 8.75. The number of nitrogens with zero attached hydrogens (tertiary/aromatic N) is 1. The number of hydrogen-bond donors (Lipinski definition) is 1. The maximum Gasteiger partial charge on any atom is 0.303 e. The summed E-state index contributed by atoms with van der Waals surface area (Å²) in [6.45, 7) is 1.15. The predicted octanol–water partition coefficient (Wildman–Crippen LogP) is 2.55. The summed E-state index contributed by atoms with van der Waals surface area (Å²) >= 11 is 0. The number of amides is 1. The average molecular weight is 291 g/mol. The van der Waals surface area contributed by atoms with Crippen LogP contribution in [0.3, 0.4) is 0 Å². The molecule has 0 bridgehead atoms. The third-order valence-corrected chi connectivity index (χ3v) is 3.66. The number of benzene rings is 1. The molecule has 21 heavy (non-hydrogen) atoms. The molecule has 1 amide bonds. The van der Waals surface area contributed by atoms with Crippen molar-refractivity contribution in [3.63, 3.8) is 0 Å². The number of carboxylic acids is 1. The first-order valence-corrected chi connectivity index (χ1v) is 6.99. The molecule has 1 aliphatic heterocycles. The van der Waals surface area contributed by atoms with E-state index in [4.69, 9.17) is 5.11 Å². The molecule has 0 unspecified atom stereocenters. The van der Waals surface area contributed by atoms with Gasteiger partial charge < -0.3 is 10.0 Å². The second-order valence-corrected chi connectivity index (χ2v) is 5.25. The molecule has 1 aromatic carbocycles. The quantitative estimate of drug-likeness (QED) is 0.867. The summed E-state index contributed by atoms with van der Waals surface area (Å²) < 4.78 is 13.0. The number of carboxylic acid groups (broad SMARTS) is 1. The van der Waals surface area contributed by atoms with Crippen LogP contribution in [-0.4, -0.2) is 35.0 Å². The summed E-state index contributed by atoms with van der Waals surface area (Å²) in [6, 6.07) is 6.04. The smallest absolute Gasteiger partial charge is 0.303 e. The third-order valence-electron chi connectivity index (χ3n) is 3.66. The van der Waals surface area contributed by atoms with Crippen LogP contribution >= 0.6 is 0 Å². The zero-order valence-electron chi connectivity index (χ0n) is 11.7. The van der Waals surface area contributed by atoms with Crippen molar-refractivity contribution in [3.8, 4) is 0 Å². The number of carbonyl (C=O) groups is 2. The molecule has 4 nitrogen and oxygen atoms in total. The van der Waals surface area contributed by atoms with Crippen LogP contribution in [0.15, 0.2) is 30.3 Å². The van der Waals surface area contributed by atoms with Crippen molar-refractivity contribution < 1.29 is 19.1 Å². The minimum atomic E-state index is -0.786. The highest BCUT2D eigenvalue weighted by Gasteiger charge is 2.23. The van der Waals surface area contributed by atoms with Crippen LogP contribution in [0.2, 0.25) is 0 Å². The molecule has 1 N–H and O–H groups in total. The molecule has 1 aliphatic rings. The molecule has 1 saturated heterocycles. The van der Waals surface area contributed by atoms with E-state index in [9.17, 15) is 14.0 Å². The molecule has 0 saturated carbocycles. The van der Waals surface area contributed by atoms with Gasteiger partial charge in [0.15, 0.2) is 0 Å². The predicted molar refractivity (Wildman–Crippen MR) is 77.0 cm³/mol. The van der Waals surface area contributed by atoms with Crippen molar-refractivity contribution in [2.75, 3.05) is 13.1 Å². The van der Waals surface area contributed by atoms with E-state index in [1.54, 1.807) is 23.1 Å². The summed E-state index contributed by atoms with van der Waals surface area (Å²) in [4.78, 5) is 24.4. The lowest BCUT2D eigenvalue weighted by molar-refractivity contribution is -0.138. The van der Waals surface area contributed by atoms with E-state index in [1.165, 1.54) is 18.2 Å².